The van der Waals surface area contributed by atoms with Crippen molar-refractivity contribution in [2.24, 2.45) is 0 Å². The zero-order valence-corrected chi connectivity index (χ0v) is 21.4. The predicted octanol–water partition coefficient (Wildman–Crippen LogP) is 3.47. The quantitative estimate of drug-likeness (QED) is 0.478. The van der Waals surface area contributed by atoms with Gasteiger partial charge in [-0.2, -0.15) is 0 Å². The van der Waals surface area contributed by atoms with E-state index in [1.807, 2.05) is 6.07 Å². The second kappa shape index (κ2) is 9.90. The summed E-state index contributed by atoms with van der Waals surface area (Å²) in [5.41, 5.74) is 2.36. The number of anilines is 1. The molecular formula is C25H28FN3O6S. The molecule has 1 N–H and O–H groups in total. The van der Waals surface area contributed by atoms with E-state index in [0.29, 0.717) is 34.3 Å². The van der Waals surface area contributed by atoms with Crippen LogP contribution in [0.1, 0.15) is 28.7 Å². The number of nitrogens with one attached hydrogen (secondary N) is 1. The van der Waals surface area contributed by atoms with Crippen molar-refractivity contribution in [3.05, 3.63) is 68.8 Å². The Labute approximate surface area is 208 Å². The maximum absolute atomic E-state index is 15.0. The van der Waals surface area contributed by atoms with Gasteiger partial charge >= 0.3 is 11.7 Å². The van der Waals surface area contributed by atoms with Gasteiger partial charge in [0, 0.05) is 44.1 Å². The summed E-state index contributed by atoms with van der Waals surface area (Å²) in [5.74, 6) is -1.08. The molecule has 2 aromatic carbocycles. The molecule has 0 spiro atoms. The molecule has 1 aliphatic heterocycles. The fourth-order valence-corrected chi connectivity index (χ4v) is 4.69. The van der Waals surface area contributed by atoms with E-state index in [-0.39, 0.29) is 17.8 Å². The lowest BCUT2D eigenvalue weighted by molar-refractivity contribution is 0.170. The number of carbonyl (C=O) groups is 1. The summed E-state index contributed by atoms with van der Waals surface area (Å²) in [6.07, 6.45) is 1.52. The number of halogens is 1. The van der Waals surface area contributed by atoms with Gasteiger partial charge in [0.25, 0.3) is 0 Å². The van der Waals surface area contributed by atoms with E-state index in [9.17, 15) is 22.4 Å². The number of amides is 1. The van der Waals surface area contributed by atoms with Gasteiger partial charge in [0.1, 0.15) is 5.58 Å². The molecule has 0 aliphatic carbocycles. The Morgan fingerprint density at radius 2 is 1.94 bits per heavy atom. The van der Waals surface area contributed by atoms with Crippen molar-refractivity contribution >= 4 is 32.8 Å². The number of rotatable bonds is 7. The van der Waals surface area contributed by atoms with Gasteiger partial charge in [0.15, 0.2) is 11.6 Å². The normalized spacial score (nSPS) is 13.9. The van der Waals surface area contributed by atoms with Crippen molar-refractivity contribution in [2.75, 3.05) is 38.2 Å². The largest absolute Gasteiger partial charge is 0.422 e. The smallest absolute Gasteiger partial charge is 0.414 e. The fraction of sp³-hybridized carbons (Fsp3) is 0.360. The van der Waals surface area contributed by atoms with Crippen molar-refractivity contribution in [3.8, 4) is 5.75 Å². The first-order valence-corrected chi connectivity index (χ1v) is 13.3. The predicted molar refractivity (Wildman–Crippen MR) is 134 cm³/mol. The van der Waals surface area contributed by atoms with Crippen LogP contribution in [0.3, 0.4) is 0 Å². The van der Waals surface area contributed by atoms with Crippen molar-refractivity contribution < 1.29 is 26.8 Å². The molecule has 0 radical (unpaired) electrons. The van der Waals surface area contributed by atoms with Crippen molar-refractivity contribution in [1.29, 1.82) is 0 Å². The van der Waals surface area contributed by atoms with E-state index < -0.39 is 27.6 Å². The number of hydrogen-bond donors (Lipinski definition) is 1. The number of fused-ring (bicyclic) bond motifs is 1. The molecule has 0 bridgehead atoms. The molecule has 2 heterocycles. The highest BCUT2D eigenvalue weighted by molar-refractivity contribution is 7.92. The van der Waals surface area contributed by atoms with Crippen molar-refractivity contribution in [2.45, 2.75) is 26.3 Å². The third-order valence-corrected chi connectivity index (χ3v) is 6.76. The summed E-state index contributed by atoms with van der Waals surface area (Å²) in [4.78, 5) is 28.4. The van der Waals surface area contributed by atoms with E-state index in [1.165, 1.54) is 26.2 Å². The van der Waals surface area contributed by atoms with Crippen LogP contribution < -0.4 is 15.1 Å². The fourth-order valence-electron chi connectivity index (χ4n) is 4.06. The Kier molecular flexibility index (Phi) is 7.05. The first-order chi connectivity index (χ1) is 16.9. The minimum atomic E-state index is -3.49. The van der Waals surface area contributed by atoms with E-state index in [2.05, 4.69) is 9.62 Å². The van der Waals surface area contributed by atoms with Crippen LogP contribution >= 0.6 is 0 Å². The summed E-state index contributed by atoms with van der Waals surface area (Å²) >= 11 is 0. The average Bonchev–Trinajstić information content (AvgIpc) is 2.75. The Bertz CT molecular complexity index is 1500. The molecule has 4 rings (SSSR count). The number of ether oxygens (including phenoxy) is 1. The molecule has 36 heavy (non-hydrogen) atoms. The highest BCUT2D eigenvalue weighted by atomic mass is 32.2. The van der Waals surface area contributed by atoms with Crippen LogP contribution in [0.15, 0.2) is 39.5 Å². The van der Waals surface area contributed by atoms with Crippen LogP contribution in [0.2, 0.25) is 0 Å². The minimum absolute atomic E-state index is 0.117. The van der Waals surface area contributed by atoms with Gasteiger partial charge in [-0.15, -0.1) is 0 Å². The van der Waals surface area contributed by atoms with Crippen LogP contribution in [-0.2, 0) is 23.0 Å². The molecular weight excluding hydrogens is 489 g/mol. The second-order valence-electron chi connectivity index (χ2n) is 9.16. The van der Waals surface area contributed by atoms with Crippen LogP contribution in [0.25, 0.3) is 11.0 Å². The third-order valence-electron chi connectivity index (χ3n) is 6.17. The first-order valence-electron chi connectivity index (χ1n) is 11.4. The molecule has 1 aliphatic rings. The Morgan fingerprint density at radius 3 is 2.56 bits per heavy atom. The summed E-state index contributed by atoms with van der Waals surface area (Å²) in [6.45, 7) is 3.91. The molecule has 1 amide bonds. The van der Waals surface area contributed by atoms with Gasteiger partial charge in [-0.05, 0) is 55.3 Å². The zero-order chi connectivity index (χ0) is 26.2. The lowest BCUT2D eigenvalue weighted by Crippen LogP contribution is -2.37. The highest BCUT2D eigenvalue weighted by Crippen LogP contribution is 2.31. The molecule has 9 nitrogen and oxygen atoms in total. The molecule has 0 atom stereocenters. The van der Waals surface area contributed by atoms with E-state index in [4.69, 9.17) is 9.15 Å². The van der Waals surface area contributed by atoms with Gasteiger partial charge in [0.05, 0.1) is 11.9 Å². The maximum Gasteiger partial charge on any atom is 0.414 e. The van der Waals surface area contributed by atoms with E-state index in [1.54, 1.807) is 19.1 Å². The number of carbonyl (C=O) groups excluding carboxylic acids is 1. The van der Waals surface area contributed by atoms with Gasteiger partial charge in [-0.1, -0.05) is 12.1 Å². The lowest BCUT2D eigenvalue weighted by atomic mass is 9.94. The van der Waals surface area contributed by atoms with Crippen LogP contribution in [0.4, 0.5) is 14.9 Å². The monoisotopic (exact) mass is 517 g/mol. The maximum atomic E-state index is 15.0. The topological polar surface area (TPSA) is 109 Å². The molecule has 1 aromatic heterocycles. The molecule has 0 saturated carbocycles. The van der Waals surface area contributed by atoms with Gasteiger partial charge in [0.2, 0.25) is 10.0 Å². The van der Waals surface area contributed by atoms with Gasteiger partial charge < -0.3 is 14.1 Å². The summed E-state index contributed by atoms with van der Waals surface area (Å²) in [6, 6.07) is 7.61. The Balaban J connectivity index is 1.82. The summed E-state index contributed by atoms with van der Waals surface area (Å²) < 4.78 is 51.6. The number of nitrogens with zero attached hydrogens (tertiary/aromatic N) is 2. The minimum Gasteiger partial charge on any atom is -0.422 e. The summed E-state index contributed by atoms with van der Waals surface area (Å²) in [7, 11) is -0.540. The molecule has 3 aromatic rings. The van der Waals surface area contributed by atoms with Crippen LogP contribution in [0, 0.1) is 12.7 Å². The average molecular weight is 518 g/mol. The van der Waals surface area contributed by atoms with Crippen molar-refractivity contribution in [3.63, 3.8) is 0 Å². The van der Waals surface area contributed by atoms with Crippen LogP contribution in [-0.4, -0.2) is 57.8 Å². The zero-order valence-electron chi connectivity index (χ0n) is 20.6. The summed E-state index contributed by atoms with van der Waals surface area (Å²) in [5, 5.41) is 0.418. The van der Waals surface area contributed by atoms with Gasteiger partial charge in [-0.3, -0.25) is 9.62 Å². The lowest BCUT2D eigenvalue weighted by Gasteiger charge is -2.31. The molecule has 0 unspecified atom stereocenters. The Morgan fingerprint density at radius 1 is 1.22 bits per heavy atom. The van der Waals surface area contributed by atoms with Gasteiger partial charge in [-0.25, -0.2) is 22.4 Å². The third kappa shape index (κ3) is 5.52. The SMILES string of the molecule is Cc1c(Cc2c(CN3CCC3)c3cc(F)c(OC(=O)N(C)C)cc3oc2=O)cccc1NS(C)(=O)=O. The number of benzene rings is 2. The van der Waals surface area contributed by atoms with Crippen LogP contribution in [0.5, 0.6) is 5.75 Å². The van der Waals surface area contributed by atoms with E-state index in [0.717, 1.165) is 36.2 Å². The number of sulfonamides is 1. The number of likely N-dealkylation sites (tertiary alicyclic amines) is 1. The van der Waals surface area contributed by atoms with E-state index >= 15 is 0 Å². The number of hydrogen-bond acceptors (Lipinski definition) is 7. The first kappa shape index (κ1) is 25.6. The molecule has 11 heteroatoms. The molecule has 1 fully saturated rings. The second-order valence-corrected chi connectivity index (χ2v) is 10.9. The molecule has 1 saturated heterocycles. The highest BCUT2D eigenvalue weighted by Gasteiger charge is 2.24. The Hall–Kier alpha value is -3.44. The molecule has 192 valence electrons. The standard InChI is InChI=1S/C25H28FN3O6S/c1-15-16(7-5-8-21(15)27-36(4,32)33)11-18-19(14-29-9-6-10-29)17-12-20(26)23(35-25(31)28(2)3)13-22(17)34-24(18)30/h5,7-8,12-13,27H,6,9-11,14H2,1-4H3. The van der Waals surface area contributed by atoms with Crippen molar-refractivity contribution in [1.82, 2.24) is 9.80 Å².